The van der Waals surface area contributed by atoms with Crippen molar-refractivity contribution in [3.05, 3.63) is 0 Å². The van der Waals surface area contributed by atoms with Crippen molar-refractivity contribution in [2.24, 2.45) is 5.41 Å². The van der Waals surface area contributed by atoms with Crippen LogP contribution in [0.2, 0.25) is 0 Å². The number of ether oxygens (including phenoxy) is 2. The lowest BCUT2D eigenvalue weighted by atomic mass is 9.81. The number of halogens is 2. The Kier molecular flexibility index (Phi) is 6.15. The third-order valence-corrected chi connectivity index (χ3v) is 4.33. The van der Waals surface area contributed by atoms with Crippen LogP contribution < -0.4 is 0 Å². The van der Waals surface area contributed by atoms with Gasteiger partial charge < -0.3 is 14.4 Å². The van der Waals surface area contributed by atoms with Crippen LogP contribution in [0.1, 0.15) is 27.7 Å². The number of amides is 1. The third-order valence-electron chi connectivity index (χ3n) is 3.96. The molecule has 0 radical (unpaired) electrons. The van der Waals surface area contributed by atoms with E-state index in [1.807, 2.05) is 13.8 Å². The highest BCUT2D eigenvalue weighted by Crippen LogP contribution is 2.35. The van der Waals surface area contributed by atoms with Crippen molar-refractivity contribution in [1.82, 2.24) is 4.90 Å². The molecule has 114 valence electrons. The van der Waals surface area contributed by atoms with E-state index in [0.717, 1.165) is 0 Å². The molecule has 2 atom stereocenters. The van der Waals surface area contributed by atoms with Crippen molar-refractivity contribution >= 4 is 29.1 Å². The predicted molar refractivity (Wildman–Crippen MR) is 79.6 cm³/mol. The van der Waals surface area contributed by atoms with Gasteiger partial charge in [-0.1, -0.05) is 43.0 Å². The Labute approximate surface area is 130 Å². The van der Waals surface area contributed by atoms with E-state index in [1.54, 1.807) is 0 Å². The smallest absolute Gasteiger partial charge is 0.256 e. The molecule has 1 aliphatic rings. The minimum Gasteiger partial charge on any atom is -0.347 e. The van der Waals surface area contributed by atoms with Crippen molar-refractivity contribution in [2.75, 3.05) is 13.1 Å². The lowest BCUT2D eigenvalue weighted by molar-refractivity contribution is -0.286. The van der Waals surface area contributed by atoms with Crippen LogP contribution in [0.5, 0.6) is 0 Å². The maximum absolute atomic E-state index is 11.9. The number of alkyl halides is 2. The minimum atomic E-state index is -1.14. The molecule has 1 aliphatic heterocycles. The van der Waals surface area contributed by atoms with Crippen molar-refractivity contribution in [1.29, 1.82) is 0 Å². The molecule has 6 heteroatoms. The molecule has 0 aromatic rings. The average molecular weight is 322 g/mol. The van der Waals surface area contributed by atoms with Crippen LogP contribution in [0.3, 0.4) is 0 Å². The fourth-order valence-electron chi connectivity index (χ4n) is 1.92. The number of carbonyl (C=O) groups excluding carboxylic acids is 1. The Morgan fingerprint density at radius 1 is 1.35 bits per heavy atom. The highest BCUT2D eigenvalue weighted by molar-refractivity contribution is 6.53. The summed E-state index contributed by atoms with van der Waals surface area (Å²) in [6.45, 7) is 8.47. The number of carbonyl (C=O) groups is 1. The molecule has 1 saturated heterocycles. The summed E-state index contributed by atoms with van der Waals surface area (Å²) >= 11 is 11.2. The predicted octanol–water partition coefficient (Wildman–Crippen LogP) is 2.43. The fraction of sp³-hybridized carbons (Fsp3) is 0.786. The van der Waals surface area contributed by atoms with Gasteiger partial charge in [0.25, 0.3) is 5.91 Å². The Bertz CT molecular complexity index is 378. The van der Waals surface area contributed by atoms with Gasteiger partial charge in [-0.25, -0.2) is 0 Å². The molecular formula is C14H21Cl2NO3. The van der Waals surface area contributed by atoms with Gasteiger partial charge in [0.1, 0.15) is 0 Å². The van der Waals surface area contributed by atoms with Crippen molar-refractivity contribution in [2.45, 2.75) is 51.0 Å². The fourth-order valence-corrected chi connectivity index (χ4v) is 2.19. The second-order valence-electron chi connectivity index (χ2n) is 5.53. The summed E-state index contributed by atoms with van der Waals surface area (Å²) in [5, 5.41) is 0. The summed E-state index contributed by atoms with van der Waals surface area (Å²) < 4.78 is 11.6. The average Bonchev–Trinajstić information content (AvgIpc) is 2.35. The SMILES string of the molecule is C#CCN(CC1OC(C)C(C)(C)C(C)O1)C(=O)C(Cl)Cl. The molecule has 0 spiro atoms. The summed E-state index contributed by atoms with van der Waals surface area (Å²) in [4.78, 5) is 12.1. The molecule has 0 aromatic heterocycles. The highest BCUT2D eigenvalue weighted by atomic mass is 35.5. The second-order valence-corrected chi connectivity index (χ2v) is 6.63. The van der Waals surface area contributed by atoms with E-state index in [1.165, 1.54) is 4.90 Å². The third kappa shape index (κ3) is 4.02. The molecular weight excluding hydrogens is 301 g/mol. The Morgan fingerprint density at radius 2 is 1.85 bits per heavy atom. The van der Waals surface area contributed by atoms with Crippen molar-refractivity contribution < 1.29 is 14.3 Å². The van der Waals surface area contributed by atoms with E-state index < -0.39 is 17.0 Å². The first-order chi connectivity index (χ1) is 9.20. The molecule has 0 aliphatic carbocycles. The first-order valence-corrected chi connectivity index (χ1v) is 7.38. The zero-order chi connectivity index (χ0) is 15.5. The zero-order valence-electron chi connectivity index (χ0n) is 12.2. The van der Waals surface area contributed by atoms with Gasteiger partial charge in [-0.3, -0.25) is 4.79 Å². The van der Waals surface area contributed by atoms with Gasteiger partial charge in [-0.2, -0.15) is 0 Å². The van der Waals surface area contributed by atoms with E-state index in [0.29, 0.717) is 0 Å². The van der Waals surface area contributed by atoms with E-state index in [2.05, 4.69) is 19.8 Å². The van der Waals surface area contributed by atoms with Gasteiger partial charge in [0, 0.05) is 5.41 Å². The largest absolute Gasteiger partial charge is 0.347 e. The maximum Gasteiger partial charge on any atom is 0.256 e. The summed E-state index contributed by atoms with van der Waals surface area (Å²) in [6.07, 6.45) is 4.73. The lowest BCUT2D eigenvalue weighted by Gasteiger charge is -2.46. The Hall–Kier alpha value is -0.470. The van der Waals surface area contributed by atoms with Gasteiger partial charge >= 0.3 is 0 Å². The van der Waals surface area contributed by atoms with E-state index in [9.17, 15) is 4.79 Å². The van der Waals surface area contributed by atoms with Crippen molar-refractivity contribution in [3.8, 4) is 12.3 Å². The quantitative estimate of drug-likeness (QED) is 0.589. The number of hydrogen-bond donors (Lipinski definition) is 0. The monoisotopic (exact) mass is 321 g/mol. The van der Waals surface area contributed by atoms with Gasteiger partial charge in [-0.15, -0.1) is 6.42 Å². The standard InChI is InChI=1S/C14H21Cl2NO3/c1-6-7-17(13(18)12(15)16)8-11-19-9(2)14(4,5)10(3)20-11/h1,9-12H,7-8H2,2-5H3. The second kappa shape index (κ2) is 7.00. The van der Waals surface area contributed by atoms with Gasteiger partial charge in [0.05, 0.1) is 25.3 Å². The number of hydrogen-bond acceptors (Lipinski definition) is 3. The van der Waals surface area contributed by atoms with Crippen LogP contribution in [-0.4, -0.2) is 47.2 Å². The molecule has 1 amide bonds. The van der Waals surface area contributed by atoms with Crippen LogP contribution in [0.4, 0.5) is 0 Å². The maximum atomic E-state index is 11.9. The topological polar surface area (TPSA) is 38.8 Å². The molecule has 1 rings (SSSR count). The molecule has 0 aromatic carbocycles. The van der Waals surface area contributed by atoms with Gasteiger partial charge in [-0.05, 0) is 13.8 Å². The highest BCUT2D eigenvalue weighted by Gasteiger charge is 2.41. The molecule has 0 bridgehead atoms. The molecule has 2 unspecified atom stereocenters. The number of nitrogens with zero attached hydrogens (tertiary/aromatic N) is 1. The van der Waals surface area contributed by atoms with Gasteiger partial charge in [0.2, 0.25) is 0 Å². The molecule has 20 heavy (non-hydrogen) atoms. The summed E-state index contributed by atoms with van der Waals surface area (Å²) in [5.41, 5.74) is -0.0983. The minimum absolute atomic E-state index is 0.00170. The summed E-state index contributed by atoms with van der Waals surface area (Å²) in [5.74, 6) is 1.97. The molecule has 4 nitrogen and oxygen atoms in total. The van der Waals surface area contributed by atoms with Crippen molar-refractivity contribution in [3.63, 3.8) is 0 Å². The molecule has 1 fully saturated rings. The number of rotatable bonds is 4. The zero-order valence-corrected chi connectivity index (χ0v) is 13.7. The number of terminal acetylenes is 1. The molecule has 0 N–H and O–H groups in total. The van der Waals surface area contributed by atoms with Crippen LogP contribution in [0.15, 0.2) is 0 Å². The molecule has 1 heterocycles. The lowest BCUT2D eigenvalue weighted by Crippen LogP contribution is -2.53. The Balaban J connectivity index is 2.71. The van der Waals surface area contributed by atoms with Crippen LogP contribution >= 0.6 is 23.2 Å². The van der Waals surface area contributed by atoms with Crippen LogP contribution in [0.25, 0.3) is 0 Å². The summed E-state index contributed by atoms with van der Waals surface area (Å²) in [7, 11) is 0. The van der Waals surface area contributed by atoms with Crippen LogP contribution in [0, 0.1) is 17.8 Å². The van der Waals surface area contributed by atoms with Crippen LogP contribution in [-0.2, 0) is 14.3 Å². The normalized spacial score (nSPS) is 29.0. The van der Waals surface area contributed by atoms with E-state index in [-0.39, 0.29) is 30.7 Å². The first-order valence-electron chi connectivity index (χ1n) is 6.51. The van der Waals surface area contributed by atoms with E-state index in [4.69, 9.17) is 39.1 Å². The van der Waals surface area contributed by atoms with E-state index >= 15 is 0 Å². The first kappa shape index (κ1) is 17.6. The van der Waals surface area contributed by atoms with Gasteiger partial charge in [0.15, 0.2) is 11.1 Å². The molecule has 0 saturated carbocycles. The summed E-state index contributed by atoms with van der Waals surface area (Å²) in [6, 6.07) is 0. The Morgan fingerprint density at radius 3 is 2.25 bits per heavy atom.